The van der Waals surface area contributed by atoms with E-state index in [0.717, 1.165) is 5.56 Å². The minimum absolute atomic E-state index is 0.247. The molecule has 7 heteroatoms. The summed E-state index contributed by atoms with van der Waals surface area (Å²) < 4.78 is 1.65. The normalized spacial score (nSPS) is 12.0. The number of carboxylic acids is 1. The maximum Gasteiger partial charge on any atom is 0.335 e. The fraction of sp³-hybridized carbons (Fsp3) is 0.176. The lowest BCUT2D eigenvalue weighted by Crippen LogP contribution is -2.04. The number of aromatic carboxylic acids is 1. The molecule has 24 heavy (non-hydrogen) atoms. The zero-order valence-corrected chi connectivity index (χ0v) is 12.8. The Hall–Kier alpha value is -3.06. The van der Waals surface area contributed by atoms with Crippen molar-refractivity contribution in [3.63, 3.8) is 0 Å². The molecule has 0 fully saturated rings. The number of aromatic nitrogens is 4. The van der Waals surface area contributed by atoms with Crippen LogP contribution in [0, 0.1) is 0 Å². The predicted molar refractivity (Wildman–Crippen MR) is 85.4 cm³/mol. The average molecular weight is 324 g/mol. The van der Waals surface area contributed by atoms with Crippen molar-refractivity contribution in [2.24, 2.45) is 0 Å². The minimum Gasteiger partial charge on any atom is -0.478 e. The van der Waals surface area contributed by atoms with Crippen molar-refractivity contribution >= 4 is 5.97 Å². The second-order valence-corrected chi connectivity index (χ2v) is 5.38. The Kier molecular flexibility index (Phi) is 4.62. The van der Waals surface area contributed by atoms with E-state index in [9.17, 15) is 9.90 Å². The van der Waals surface area contributed by atoms with Gasteiger partial charge >= 0.3 is 5.97 Å². The topological polar surface area (TPSA) is 101 Å². The van der Waals surface area contributed by atoms with Crippen molar-refractivity contribution in [1.29, 1.82) is 0 Å². The van der Waals surface area contributed by atoms with E-state index in [1.165, 1.54) is 0 Å². The smallest absolute Gasteiger partial charge is 0.335 e. The molecule has 3 rings (SSSR count). The zero-order chi connectivity index (χ0) is 16.9. The van der Waals surface area contributed by atoms with Gasteiger partial charge in [0.05, 0.1) is 23.5 Å². The molecule has 3 aromatic rings. The van der Waals surface area contributed by atoms with Crippen LogP contribution >= 0.6 is 0 Å². The lowest BCUT2D eigenvalue weighted by molar-refractivity contribution is 0.0697. The van der Waals surface area contributed by atoms with E-state index in [2.05, 4.69) is 15.3 Å². The Morgan fingerprint density at radius 1 is 1.17 bits per heavy atom. The van der Waals surface area contributed by atoms with E-state index in [1.807, 2.05) is 6.07 Å². The lowest BCUT2D eigenvalue weighted by atomic mass is 10.1. The number of rotatable bonds is 6. The largest absolute Gasteiger partial charge is 0.478 e. The second-order valence-electron chi connectivity index (χ2n) is 5.38. The molecule has 7 nitrogen and oxygen atoms in total. The van der Waals surface area contributed by atoms with Crippen LogP contribution in [-0.4, -0.2) is 36.2 Å². The molecule has 0 amide bonds. The summed E-state index contributed by atoms with van der Waals surface area (Å²) in [4.78, 5) is 15.0. The molecule has 0 saturated heterocycles. The van der Waals surface area contributed by atoms with Gasteiger partial charge in [0.1, 0.15) is 6.10 Å². The maximum absolute atomic E-state index is 10.8. The highest BCUT2D eigenvalue weighted by molar-refractivity contribution is 5.87. The highest BCUT2D eigenvalue weighted by atomic mass is 16.4. The summed E-state index contributed by atoms with van der Waals surface area (Å²) in [7, 11) is 0. The van der Waals surface area contributed by atoms with Crippen LogP contribution in [0.1, 0.15) is 33.4 Å². The number of hydrogen-bond donors (Lipinski definition) is 2. The van der Waals surface area contributed by atoms with Crippen molar-refractivity contribution in [1.82, 2.24) is 20.0 Å². The summed E-state index contributed by atoms with van der Waals surface area (Å²) >= 11 is 0. The van der Waals surface area contributed by atoms with Crippen molar-refractivity contribution in [3.8, 4) is 0 Å². The van der Waals surface area contributed by atoms with Gasteiger partial charge in [-0.2, -0.15) is 0 Å². The van der Waals surface area contributed by atoms with Crippen LogP contribution < -0.4 is 0 Å². The second kappa shape index (κ2) is 7.01. The summed E-state index contributed by atoms with van der Waals surface area (Å²) in [6.45, 7) is 0.479. The van der Waals surface area contributed by atoms with E-state index in [0.29, 0.717) is 24.4 Å². The Bertz CT molecular complexity index is 815. The van der Waals surface area contributed by atoms with Gasteiger partial charge in [0.2, 0.25) is 0 Å². The minimum atomic E-state index is -0.951. The molecule has 1 aromatic carbocycles. The average Bonchev–Trinajstić information content (AvgIpc) is 3.03. The summed E-state index contributed by atoms with van der Waals surface area (Å²) in [5.74, 6) is -0.951. The molecule has 2 heterocycles. The maximum atomic E-state index is 10.8. The van der Waals surface area contributed by atoms with Crippen LogP contribution in [0.4, 0.5) is 0 Å². The van der Waals surface area contributed by atoms with Gasteiger partial charge in [-0.25, -0.2) is 9.48 Å². The SMILES string of the molecule is O=C(O)c1ccc(Cn2cc(CC(O)c3ccccn3)nn2)cc1. The lowest BCUT2D eigenvalue weighted by Gasteiger charge is -2.06. The molecular weight excluding hydrogens is 308 g/mol. The summed E-state index contributed by atoms with van der Waals surface area (Å²) in [5.41, 5.74) is 2.42. The first-order chi connectivity index (χ1) is 11.6. The molecule has 122 valence electrons. The molecule has 0 aliphatic rings. The van der Waals surface area contributed by atoms with E-state index in [4.69, 9.17) is 5.11 Å². The standard InChI is InChI=1S/C17H16N4O3/c22-16(15-3-1-2-8-18-15)9-14-11-21(20-19-14)10-12-4-6-13(7-5-12)17(23)24/h1-8,11,16,22H,9-10H2,(H,23,24). The van der Waals surface area contributed by atoms with Gasteiger partial charge in [-0.3, -0.25) is 4.98 Å². The third-order valence-corrected chi connectivity index (χ3v) is 3.56. The molecule has 0 spiro atoms. The summed E-state index contributed by atoms with van der Waals surface area (Å²) in [6.07, 6.45) is 2.99. The molecule has 0 bridgehead atoms. The van der Waals surface area contributed by atoms with E-state index < -0.39 is 12.1 Å². The highest BCUT2D eigenvalue weighted by Crippen LogP contribution is 2.14. The zero-order valence-electron chi connectivity index (χ0n) is 12.8. The first-order valence-electron chi connectivity index (χ1n) is 7.42. The number of hydrogen-bond acceptors (Lipinski definition) is 5. The van der Waals surface area contributed by atoms with Gasteiger partial charge in [-0.1, -0.05) is 23.4 Å². The van der Waals surface area contributed by atoms with Gasteiger partial charge in [0.25, 0.3) is 0 Å². The third-order valence-electron chi connectivity index (χ3n) is 3.56. The summed E-state index contributed by atoms with van der Waals surface area (Å²) in [6, 6.07) is 12.0. The number of nitrogens with zero attached hydrogens (tertiary/aromatic N) is 4. The number of carbonyl (C=O) groups is 1. The number of pyridine rings is 1. The molecular formula is C17H16N4O3. The van der Waals surface area contributed by atoms with Crippen molar-refractivity contribution in [2.75, 3.05) is 0 Å². The molecule has 2 N–H and O–H groups in total. The number of benzene rings is 1. The van der Waals surface area contributed by atoms with Crippen LogP contribution in [0.25, 0.3) is 0 Å². The van der Waals surface area contributed by atoms with Crippen LogP contribution in [0.3, 0.4) is 0 Å². The molecule has 0 aliphatic heterocycles. The number of aliphatic hydroxyl groups is 1. The molecule has 0 saturated carbocycles. The van der Waals surface area contributed by atoms with Crippen molar-refractivity contribution in [3.05, 3.63) is 77.4 Å². The Labute approximate surface area is 138 Å². The highest BCUT2D eigenvalue weighted by Gasteiger charge is 2.12. The Morgan fingerprint density at radius 2 is 1.96 bits per heavy atom. The summed E-state index contributed by atoms with van der Waals surface area (Å²) in [5, 5.41) is 27.1. The molecule has 0 aliphatic carbocycles. The van der Waals surface area contributed by atoms with E-state index in [-0.39, 0.29) is 5.56 Å². The van der Waals surface area contributed by atoms with Gasteiger partial charge in [-0.05, 0) is 29.8 Å². The van der Waals surface area contributed by atoms with Crippen LogP contribution in [0.15, 0.2) is 54.9 Å². The van der Waals surface area contributed by atoms with Crippen LogP contribution in [0.5, 0.6) is 0 Å². The fourth-order valence-corrected chi connectivity index (χ4v) is 2.32. The first kappa shape index (κ1) is 15.8. The van der Waals surface area contributed by atoms with Crippen molar-refractivity contribution in [2.45, 2.75) is 19.1 Å². The van der Waals surface area contributed by atoms with Crippen molar-refractivity contribution < 1.29 is 15.0 Å². The molecule has 1 atom stereocenters. The number of carboxylic acid groups (broad SMARTS) is 1. The molecule has 1 unspecified atom stereocenters. The monoisotopic (exact) mass is 324 g/mol. The van der Waals surface area contributed by atoms with E-state index >= 15 is 0 Å². The van der Waals surface area contributed by atoms with Gasteiger partial charge < -0.3 is 10.2 Å². The molecule has 2 aromatic heterocycles. The van der Waals surface area contributed by atoms with Crippen LogP contribution in [0.2, 0.25) is 0 Å². The Balaban J connectivity index is 1.64. The quantitative estimate of drug-likeness (QED) is 0.715. The first-order valence-corrected chi connectivity index (χ1v) is 7.42. The number of aliphatic hydroxyl groups excluding tert-OH is 1. The van der Waals surface area contributed by atoms with Gasteiger partial charge in [0, 0.05) is 18.8 Å². The van der Waals surface area contributed by atoms with Gasteiger partial charge in [0.15, 0.2) is 0 Å². The molecule has 0 radical (unpaired) electrons. The van der Waals surface area contributed by atoms with E-state index in [1.54, 1.807) is 53.5 Å². The Morgan fingerprint density at radius 3 is 2.62 bits per heavy atom. The van der Waals surface area contributed by atoms with Crippen LogP contribution in [-0.2, 0) is 13.0 Å². The third kappa shape index (κ3) is 3.82. The van der Waals surface area contributed by atoms with Gasteiger partial charge in [-0.15, -0.1) is 5.10 Å². The fourth-order valence-electron chi connectivity index (χ4n) is 2.32. The predicted octanol–water partition coefficient (Wildman–Crippen LogP) is 1.70.